The largest absolute Gasteiger partial charge is 0.380 e. The summed E-state index contributed by atoms with van der Waals surface area (Å²) in [5.74, 6) is 0.112. The second-order valence-corrected chi connectivity index (χ2v) is 6.22. The number of methoxy groups -OCH3 is 1. The van der Waals surface area contributed by atoms with Crippen LogP contribution in [0.3, 0.4) is 0 Å². The van der Waals surface area contributed by atoms with Crippen LogP contribution in [0, 0.1) is 0 Å². The van der Waals surface area contributed by atoms with Crippen molar-refractivity contribution in [2.45, 2.75) is 18.4 Å². The zero-order valence-electron chi connectivity index (χ0n) is 8.66. The van der Waals surface area contributed by atoms with Crippen LogP contribution in [0.25, 0.3) is 0 Å². The zero-order chi connectivity index (χ0) is 11.5. The molecule has 0 N–H and O–H groups in total. The lowest BCUT2D eigenvalue weighted by molar-refractivity contribution is 0.184. The lowest BCUT2D eigenvalue weighted by atomic mass is 10.2. The molecule has 0 aromatic heterocycles. The Kier molecular flexibility index (Phi) is 4.31. The van der Waals surface area contributed by atoms with E-state index in [1.165, 1.54) is 0 Å². The molecule has 0 radical (unpaired) electrons. The minimum Gasteiger partial charge on any atom is -0.380 e. The number of sulfone groups is 1. The van der Waals surface area contributed by atoms with E-state index in [1.54, 1.807) is 32.2 Å². The molecule has 0 heterocycles. The summed E-state index contributed by atoms with van der Waals surface area (Å²) >= 11 is 3.35. The summed E-state index contributed by atoms with van der Waals surface area (Å²) < 4.78 is 29.1. The van der Waals surface area contributed by atoms with Gasteiger partial charge in [-0.05, 0) is 23.8 Å². The Morgan fingerprint density at radius 3 is 2.60 bits per heavy atom. The molecule has 0 amide bonds. The van der Waals surface area contributed by atoms with Gasteiger partial charge in [-0.15, -0.1) is 0 Å². The van der Waals surface area contributed by atoms with E-state index in [0.29, 0.717) is 11.5 Å². The molecule has 1 aromatic carbocycles. The molecule has 3 nitrogen and oxygen atoms in total. The highest BCUT2D eigenvalue weighted by Gasteiger charge is 2.13. The molecule has 84 valence electrons. The summed E-state index contributed by atoms with van der Waals surface area (Å²) in [5, 5.41) is 0. The van der Waals surface area contributed by atoms with Crippen molar-refractivity contribution in [2.75, 3.05) is 12.9 Å². The quantitative estimate of drug-likeness (QED) is 0.856. The predicted octanol–water partition coefficient (Wildman–Crippen LogP) is 2.39. The fraction of sp³-hybridized carbons (Fsp3) is 0.400. The number of rotatable bonds is 4. The molecule has 0 fully saturated rings. The van der Waals surface area contributed by atoms with Gasteiger partial charge in [0, 0.05) is 11.6 Å². The summed E-state index contributed by atoms with van der Waals surface area (Å²) in [6.45, 7) is 2.03. The Balaban J connectivity index is 3.19. The van der Waals surface area contributed by atoms with E-state index >= 15 is 0 Å². The van der Waals surface area contributed by atoms with Gasteiger partial charge in [-0.25, -0.2) is 8.42 Å². The van der Waals surface area contributed by atoms with Crippen LogP contribution in [-0.4, -0.2) is 21.3 Å². The van der Waals surface area contributed by atoms with Crippen molar-refractivity contribution in [3.05, 3.63) is 28.2 Å². The molecule has 0 aliphatic heterocycles. The van der Waals surface area contributed by atoms with Crippen molar-refractivity contribution in [3.8, 4) is 0 Å². The van der Waals surface area contributed by atoms with E-state index in [1.807, 2.05) is 0 Å². The van der Waals surface area contributed by atoms with Gasteiger partial charge in [0.2, 0.25) is 0 Å². The van der Waals surface area contributed by atoms with Crippen LogP contribution in [0.1, 0.15) is 12.5 Å². The van der Waals surface area contributed by atoms with Gasteiger partial charge in [0.25, 0.3) is 0 Å². The Morgan fingerprint density at radius 2 is 2.07 bits per heavy atom. The third-order valence-electron chi connectivity index (χ3n) is 2.06. The van der Waals surface area contributed by atoms with Gasteiger partial charge < -0.3 is 4.74 Å². The van der Waals surface area contributed by atoms with Crippen LogP contribution >= 0.6 is 15.9 Å². The van der Waals surface area contributed by atoms with Crippen molar-refractivity contribution < 1.29 is 13.2 Å². The molecule has 0 aliphatic carbocycles. The number of hydrogen-bond acceptors (Lipinski definition) is 3. The molecule has 0 saturated heterocycles. The number of ether oxygens (including phenoxy) is 1. The molecule has 0 saturated carbocycles. The summed E-state index contributed by atoms with van der Waals surface area (Å²) in [6, 6.07) is 4.98. The normalized spacial score (nSPS) is 11.7. The smallest absolute Gasteiger partial charge is 0.178 e. The van der Waals surface area contributed by atoms with Crippen molar-refractivity contribution in [1.82, 2.24) is 0 Å². The average Bonchev–Trinajstić information content (AvgIpc) is 2.21. The Labute approximate surface area is 98.5 Å². The van der Waals surface area contributed by atoms with E-state index in [9.17, 15) is 8.42 Å². The van der Waals surface area contributed by atoms with Crippen LogP contribution in [-0.2, 0) is 21.2 Å². The zero-order valence-corrected chi connectivity index (χ0v) is 11.1. The lowest BCUT2D eigenvalue weighted by Crippen LogP contribution is -2.04. The molecule has 1 rings (SSSR count). The molecule has 0 aliphatic rings. The van der Waals surface area contributed by atoms with Crippen molar-refractivity contribution in [2.24, 2.45) is 0 Å². The maximum Gasteiger partial charge on any atom is 0.178 e. The van der Waals surface area contributed by atoms with Crippen LogP contribution in [0.15, 0.2) is 27.6 Å². The lowest BCUT2D eigenvalue weighted by Gasteiger charge is -2.06. The van der Waals surface area contributed by atoms with Crippen molar-refractivity contribution in [3.63, 3.8) is 0 Å². The first-order valence-electron chi connectivity index (χ1n) is 4.51. The third kappa shape index (κ3) is 3.03. The second-order valence-electron chi connectivity index (χ2n) is 3.09. The van der Waals surface area contributed by atoms with Gasteiger partial charge >= 0.3 is 0 Å². The molecular formula is C10H13BrO3S. The molecule has 15 heavy (non-hydrogen) atoms. The molecule has 0 bridgehead atoms. The highest BCUT2D eigenvalue weighted by molar-refractivity contribution is 9.10. The van der Waals surface area contributed by atoms with Crippen molar-refractivity contribution >= 4 is 25.8 Å². The highest BCUT2D eigenvalue weighted by Crippen LogP contribution is 2.22. The minimum atomic E-state index is -3.13. The molecular weight excluding hydrogens is 280 g/mol. The van der Waals surface area contributed by atoms with E-state index in [4.69, 9.17) is 4.74 Å². The second kappa shape index (κ2) is 5.09. The fourth-order valence-corrected chi connectivity index (χ4v) is 2.47. The first-order chi connectivity index (χ1) is 7.01. The van der Waals surface area contributed by atoms with E-state index in [2.05, 4.69) is 15.9 Å². The predicted molar refractivity (Wildman–Crippen MR) is 62.6 cm³/mol. The highest BCUT2D eigenvalue weighted by atomic mass is 79.9. The number of benzene rings is 1. The number of hydrogen-bond donors (Lipinski definition) is 0. The summed E-state index contributed by atoms with van der Waals surface area (Å²) in [4.78, 5) is 0.347. The monoisotopic (exact) mass is 292 g/mol. The summed E-state index contributed by atoms with van der Waals surface area (Å²) in [7, 11) is -1.56. The molecule has 1 aromatic rings. The van der Waals surface area contributed by atoms with E-state index in [-0.39, 0.29) is 5.75 Å². The summed E-state index contributed by atoms with van der Waals surface area (Å²) in [5.41, 5.74) is 0.840. The maximum absolute atomic E-state index is 11.6. The van der Waals surface area contributed by atoms with E-state index in [0.717, 1.165) is 10.0 Å². The van der Waals surface area contributed by atoms with E-state index < -0.39 is 9.84 Å². The molecule has 0 atom stereocenters. The Hall–Kier alpha value is -0.390. The minimum absolute atomic E-state index is 0.112. The first-order valence-corrected chi connectivity index (χ1v) is 6.96. The Bertz CT molecular complexity index is 440. The molecule has 5 heteroatoms. The van der Waals surface area contributed by atoms with Gasteiger partial charge in [0.05, 0.1) is 17.3 Å². The molecule has 0 spiro atoms. The van der Waals surface area contributed by atoms with Crippen LogP contribution < -0.4 is 0 Å². The number of halogens is 1. The maximum atomic E-state index is 11.6. The topological polar surface area (TPSA) is 43.4 Å². The van der Waals surface area contributed by atoms with Crippen LogP contribution in [0.4, 0.5) is 0 Å². The van der Waals surface area contributed by atoms with Gasteiger partial charge in [-0.3, -0.25) is 0 Å². The van der Waals surface area contributed by atoms with Crippen LogP contribution in [0.5, 0.6) is 0 Å². The van der Waals surface area contributed by atoms with Gasteiger partial charge in [0.1, 0.15) is 0 Å². The molecule has 0 unspecified atom stereocenters. The van der Waals surface area contributed by atoms with Crippen molar-refractivity contribution in [1.29, 1.82) is 0 Å². The average molecular weight is 293 g/mol. The van der Waals surface area contributed by atoms with Gasteiger partial charge in [-0.1, -0.05) is 22.9 Å². The first kappa shape index (κ1) is 12.7. The van der Waals surface area contributed by atoms with Gasteiger partial charge in [0.15, 0.2) is 9.84 Å². The fourth-order valence-electron chi connectivity index (χ4n) is 1.18. The summed E-state index contributed by atoms with van der Waals surface area (Å²) in [6.07, 6.45) is 0. The van der Waals surface area contributed by atoms with Gasteiger partial charge in [-0.2, -0.15) is 0 Å². The SMILES string of the molecule is CCS(=O)(=O)c1ccc(Br)c(COC)c1. The Morgan fingerprint density at radius 1 is 1.40 bits per heavy atom. The van der Waals surface area contributed by atoms with Crippen LogP contribution in [0.2, 0.25) is 0 Å². The standard InChI is InChI=1S/C10H13BrO3S/c1-3-15(12,13)9-4-5-10(11)8(6-9)7-14-2/h4-6H,3,7H2,1-2H3. The third-order valence-corrected chi connectivity index (χ3v) is 4.56.